The molecule has 0 amide bonds. The molecular weight excluding hydrogens is 302 g/mol. The zero-order valence-corrected chi connectivity index (χ0v) is 15.4. The normalized spacial score (nSPS) is 12.2. The molecule has 0 radical (unpaired) electrons. The first kappa shape index (κ1) is 16.1. The summed E-state index contributed by atoms with van der Waals surface area (Å²) in [4.78, 5) is 4.80. The van der Waals surface area contributed by atoms with Crippen LogP contribution in [0.25, 0.3) is 0 Å². The fourth-order valence-corrected chi connectivity index (χ4v) is 4.15. The van der Waals surface area contributed by atoms with Gasteiger partial charge >= 0.3 is 0 Å². The second-order valence-electron chi connectivity index (χ2n) is 6.07. The van der Waals surface area contributed by atoms with Crippen LogP contribution >= 0.6 is 11.8 Å². The van der Waals surface area contributed by atoms with Gasteiger partial charge in [0.2, 0.25) is 0 Å². The quantitative estimate of drug-likeness (QED) is 0.695. The highest BCUT2D eigenvalue weighted by atomic mass is 32.2. The van der Waals surface area contributed by atoms with E-state index in [1.807, 2.05) is 18.8 Å². The molecule has 0 saturated heterocycles. The number of rotatable bonds is 4. The minimum Gasteiger partial charge on any atom is -0.388 e. The van der Waals surface area contributed by atoms with Gasteiger partial charge in [-0.25, -0.2) is 0 Å². The van der Waals surface area contributed by atoms with Crippen LogP contribution in [0.15, 0.2) is 34.1 Å². The predicted octanol–water partition coefficient (Wildman–Crippen LogP) is 5.13. The van der Waals surface area contributed by atoms with Crippen molar-refractivity contribution in [2.45, 2.75) is 36.5 Å². The summed E-state index contributed by atoms with van der Waals surface area (Å²) in [5, 5.41) is 7.01. The van der Waals surface area contributed by atoms with Gasteiger partial charge in [-0.05, 0) is 48.2 Å². The lowest BCUT2D eigenvalue weighted by molar-refractivity contribution is 1.07. The monoisotopic (exact) mass is 327 g/mol. The van der Waals surface area contributed by atoms with Crippen LogP contribution in [0.5, 0.6) is 0 Å². The highest BCUT2D eigenvalue weighted by Crippen LogP contribution is 2.49. The lowest BCUT2D eigenvalue weighted by Crippen LogP contribution is -2.12. The molecule has 0 aromatic heterocycles. The topological polar surface area (TPSA) is 27.3 Å². The Kier molecular flexibility index (Phi) is 4.44. The molecule has 0 fully saturated rings. The van der Waals surface area contributed by atoms with E-state index in [2.05, 4.69) is 67.7 Å². The van der Waals surface area contributed by atoms with E-state index in [0.29, 0.717) is 0 Å². The number of anilines is 4. The third kappa shape index (κ3) is 2.88. The van der Waals surface area contributed by atoms with Crippen LogP contribution in [0, 0.1) is 0 Å². The Hall–Kier alpha value is -1.81. The summed E-state index contributed by atoms with van der Waals surface area (Å²) >= 11 is 1.87. The Bertz CT molecular complexity index is 738. The van der Waals surface area contributed by atoms with Crippen LogP contribution in [0.4, 0.5) is 22.7 Å². The van der Waals surface area contributed by atoms with E-state index < -0.39 is 0 Å². The largest absolute Gasteiger partial charge is 0.388 e. The van der Waals surface area contributed by atoms with Gasteiger partial charge in [0, 0.05) is 42.3 Å². The van der Waals surface area contributed by atoms with E-state index in [0.717, 1.165) is 12.8 Å². The molecule has 122 valence electrons. The van der Waals surface area contributed by atoms with Crippen LogP contribution < -0.4 is 15.5 Å². The smallest absolute Gasteiger partial charge is 0.0560 e. The number of hydrogen-bond donors (Lipinski definition) is 2. The second kappa shape index (κ2) is 6.36. The van der Waals surface area contributed by atoms with Crippen LogP contribution in [-0.2, 0) is 12.8 Å². The number of benzene rings is 2. The van der Waals surface area contributed by atoms with E-state index in [9.17, 15) is 0 Å². The van der Waals surface area contributed by atoms with Crippen molar-refractivity contribution in [1.29, 1.82) is 0 Å². The minimum atomic E-state index is 1.03. The van der Waals surface area contributed by atoms with Gasteiger partial charge in [0.05, 0.1) is 11.4 Å². The number of aryl methyl sites for hydroxylation is 2. The molecule has 0 bridgehead atoms. The Morgan fingerprint density at radius 3 is 2.13 bits per heavy atom. The molecule has 23 heavy (non-hydrogen) atoms. The predicted molar refractivity (Wildman–Crippen MR) is 103 cm³/mol. The van der Waals surface area contributed by atoms with Gasteiger partial charge in [0.1, 0.15) is 0 Å². The summed E-state index contributed by atoms with van der Waals surface area (Å²) < 4.78 is 0. The Labute approximate surface area is 143 Å². The minimum absolute atomic E-state index is 1.03. The highest BCUT2D eigenvalue weighted by molar-refractivity contribution is 7.99. The van der Waals surface area contributed by atoms with Crippen molar-refractivity contribution in [3.05, 3.63) is 35.4 Å². The maximum Gasteiger partial charge on any atom is 0.0560 e. The molecular formula is C19H25N3S. The number of fused-ring (bicyclic) bond motifs is 2. The lowest BCUT2D eigenvalue weighted by Gasteiger charge is -2.28. The maximum absolute atomic E-state index is 3.73. The molecule has 1 aliphatic rings. The maximum atomic E-state index is 3.73. The van der Waals surface area contributed by atoms with Crippen molar-refractivity contribution in [3.63, 3.8) is 0 Å². The Morgan fingerprint density at radius 1 is 0.957 bits per heavy atom. The summed E-state index contributed by atoms with van der Waals surface area (Å²) in [6.45, 7) is 4.44. The Morgan fingerprint density at radius 2 is 1.57 bits per heavy atom. The fourth-order valence-electron chi connectivity index (χ4n) is 2.98. The molecule has 0 unspecified atom stereocenters. The first-order valence-electron chi connectivity index (χ1n) is 8.21. The fraction of sp³-hybridized carbons (Fsp3) is 0.368. The molecule has 0 aliphatic carbocycles. The summed E-state index contributed by atoms with van der Waals surface area (Å²) in [7, 11) is 6.18. The zero-order chi connectivity index (χ0) is 16.6. The first-order chi connectivity index (χ1) is 11.1. The van der Waals surface area contributed by atoms with Crippen molar-refractivity contribution >= 4 is 34.5 Å². The first-order valence-corrected chi connectivity index (χ1v) is 9.02. The lowest BCUT2D eigenvalue weighted by atomic mass is 10.1. The molecule has 0 saturated carbocycles. The van der Waals surface area contributed by atoms with Gasteiger partial charge in [0.15, 0.2) is 0 Å². The van der Waals surface area contributed by atoms with Crippen molar-refractivity contribution < 1.29 is 0 Å². The van der Waals surface area contributed by atoms with Gasteiger partial charge in [0.25, 0.3) is 0 Å². The second-order valence-corrected chi connectivity index (χ2v) is 7.15. The molecule has 1 heterocycles. The van der Waals surface area contributed by atoms with Crippen molar-refractivity contribution in [1.82, 2.24) is 0 Å². The highest BCUT2D eigenvalue weighted by Gasteiger charge is 2.22. The third-order valence-corrected chi connectivity index (χ3v) is 5.47. The molecule has 2 aromatic rings. The SMILES string of the molecule is CCc1cc(NC)cc2c1Nc1c(CC)cc(N(C)C)cc1S2. The number of nitrogens with one attached hydrogen (secondary N) is 2. The third-order valence-electron chi connectivity index (χ3n) is 4.39. The number of nitrogens with zero attached hydrogens (tertiary/aromatic N) is 1. The van der Waals surface area contributed by atoms with Gasteiger partial charge in [-0.1, -0.05) is 25.6 Å². The van der Waals surface area contributed by atoms with Gasteiger partial charge in [-0.2, -0.15) is 0 Å². The summed E-state index contributed by atoms with van der Waals surface area (Å²) in [5.41, 5.74) is 7.74. The molecule has 3 nitrogen and oxygen atoms in total. The summed E-state index contributed by atoms with van der Waals surface area (Å²) in [5.74, 6) is 0. The van der Waals surface area contributed by atoms with Gasteiger partial charge in [-0.3, -0.25) is 0 Å². The van der Waals surface area contributed by atoms with E-state index in [1.165, 1.54) is 43.7 Å². The average Bonchev–Trinajstić information content (AvgIpc) is 2.57. The van der Waals surface area contributed by atoms with Crippen molar-refractivity contribution in [2.24, 2.45) is 0 Å². The van der Waals surface area contributed by atoms with Gasteiger partial charge in [-0.15, -0.1) is 0 Å². The van der Waals surface area contributed by atoms with Crippen molar-refractivity contribution in [3.8, 4) is 0 Å². The summed E-state index contributed by atoms with van der Waals surface area (Å²) in [6.07, 6.45) is 2.06. The van der Waals surface area contributed by atoms with Crippen LogP contribution in [-0.4, -0.2) is 21.1 Å². The number of hydrogen-bond acceptors (Lipinski definition) is 4. The van der Waals surface area contributed by atoms with E-state index in [-0.39, 0.29) is 0 Å². The van der Waals surface area contributed by atoms with E-state index in [1.54, 1.807) is 0 Å². The Balaban J connectivity index is 2.13. The molecule has 4 heteroatoms. The molecule has 2 N–H and O–H groups in total. The van der Waals surface area contributed by atoms with E-state index >= 15 is 0 Å². The molecule has 0 spiro atoms. The zero-order valence-electron chi connectivity index (χ0n) is 14.6. The average molecular weight is 327 g/mol. The van der Waals surface area contributed by atoms with Crippen LogP contribution in [0.3, 0.4) is 0 Å². The van der Waals surface area contributed by atoms with Crippen LogP contribution in [0.1, 0.15) is 25.0 Å². The molecule has 2 aromatic carbocycles. The molecule has 0 atom stereocenters. The van der Waals surface area contributed by atoms with Gasteiger partial charge < -0.3 is 15.5 Å². The molecule has 3 rings (SSSR count). The van der Waals surface area contributed by atoms with Crippen molar-refractivity contribution in [2.75, 3.05) is 36.7 Å². The molecule has 1 aliphatic heterocycles. The standard InChI is InChI=1S/C19H25N3S/c1-6-12-8-14(20-3)10-16-18(12)21-19-13(7-2)9-15(22(4)5)11-17(19)23-16/h8-11,20-21H,6-7H2,1-5H3. The van der Waals surface area contributed by atoms with E-state index in [4.69, 9.17) is 0 Å². The summed E-state index contributed by atoms with van der Waals surface area (Å²) in [6, 6.07) is 9.07. The van der Waals surface area contributed by atoms with Crippen LogP contribution in [0.2, 0.25) is 0 Å².